The van der Waals surface area contributed by atoms with E-state index in [1.807, 2.05) is 52.0 Å². The Hall–Kier alpha value is -2.64. The predicted octanol–water partition coefficient (Wildman–Crippen LogP) is 3.37. The zero-order chi connectivity index (χ0) is 24.0. The maximum absolute atomic E-state index is 10.3. The molecule has 0 aliphatic carbocycles. The summed E-state index contributed by atoms with van der Waals surface area (Å²) in [6.07, 6.45) is -3.39. The molecule has 0 unspecified atom stereocenters. The average molecular weight is 443 g/mol. The van der Waals surface area contributed by atoms with Crippen LogP contribution >= 0.6 is 0 Å². The normalized spacial score (nSPS) is 16.5. The summed E-state index contributed by atoms with van der Waals surface area (Å²) in [5.74, 6) is -1.13. The van der Waals surface area contributed by atoms with Crippen LogP contribution < -0.4 is 0 Å². The second kappa shape index (κ2) is 11.3. The monoisotopic (exact) mass is 442 g/mol. The molecule has 0 fully saturated rings. The minimum Gasteiger partial charge on any atom is -0.509 e. The largest absolute Gasteiger partial charge is 0.509 e. The van der Waals surface area contributed by atoms with Crippen LogP contribution in [-0.4, -0.2) is 55.1 Å². The number of hydrogen-bond acceptors (Lipinski definition) is 6. The molecule has 32 heavy (non-hydrogen) atoms. The van der Waals surface area contributed by atoms with Gasteiger partial charge in [0.2, 0.25) is 0 Å². The number of rotatable bonds is 9. The number of aliphatic hydroxyl groups is 6. The van der Waals surface area contributed by atoms with Crippen LogP contribution in [0.25, 0.3) is 12.2 Å². The summed E-state index contributed by atoms with van der Waals surface area (Å²) in [6, 6.07) is 11.0. The van der Waals surface area contributed by atoms with Crippen LogP contribution in [0.4, 0.5) is 0 Å². The molecule has 0 bridgehead atoms. The number of hydrogen-bond donors (Lipinski definition) is 6. The van der Waals surface area contributed by atoms with Gasteiger partial charge < -0.3 is 30.6 Å². The molecular weight excluding hydrogens is 408 g/mol. The van der Waals surface area contributed by atoms with E-state index < -0.39 is 35.9 Å². The first-order chi connectivity index (χ1) is 15.1. The Balaban J connectivity index is 2.16. The number of benzene rings is 2. The number of aliphatic hydroxyl groups excluding tert-OH is 6. The van der Waals surface area contributed by atoms with Crippen LogP contribution in [0.2, 0.25) is 0 Å². The Labute approximate surface area is 189 Å². The van der Waals surface area contributed by atoms with E-state index in [0.29, 0.717) is 11.1 Å². The molecule has 0 aliphatic heterocycles. The van der Waals surface area contributed by atoms with E-state index in [4.69, 9.17) is 0 Å². The van der Waals surface area contributed by atoms with Crippen molar-refractivity contribution in [1.29, 1.82) is 0 Å². The molecule has 6 N–H and O–H groups in total. The lowest BCUT2D eigenvalue weighted by Crippen LogP contribution is -2.45. The van der Waals surface area contributed by atoms with Gasteiger partial charge in [0.25, 0.3) is 0 Å². The summed E-state index contributed by atoms with van der Waals surface area (Å²) < 4.78 is 0. The molecule has 0 aliphatic rings. The van der Waals surface area contributed by atoms with Crippen LogP contribution in [0.5, 0.6) is 0 Å². The summed E-state index contributed by atoms with van der Waals surface area (Å²) in [4.78, 5) is 0. The van der Waals surface area contributed by atoms with Gasteiger partial charge >= 0.3 is 0 Å². The van der Waals surface area contributed by atoms with Crippen LogP contribution in [0, 0.1) is 13.8 Å². The number of aryl methyl sites for hydroxylation is 4. The topological polar surface area (TPSA) is 121 Å². The van der Waals surface area contributed by atoms with Crippen molar-refractivity contribution in [2.75, 3.05) is 0 Å². The third-order valence-corrected chi connectivity index (χ3v) is 5.74. The van der Waals surface area contributed by atoms with Gasteiger partial charge in [-0.1, -0.05) is 50.2 Å². The van der Waals surface area contributed by atoms with Crippen molar-refractivity contribution in [1.82, 2.24) is 0 Å². The summed E-state index contributed by atoms with van der Waals surface area (Å²) >= 11 is 0. The van der Waals surface area contributed by atoms with Gasteiger partial charge in [-0.05, 0) is 72.2 Å². The van der Waals surface area contributed by atoms with E-state index in [0.717, 1.165) is 35.1 Å². The highest BCUT2D eigenvalue weighted by Gasteiger charge is 2.34. The van der Waals surface area contributed by atoms with E-state index in [-0.39, 0.29) is 0 Å². The van der Waals surface area contributed by atoms with Gasteiger partial charge in [-0.3, -0.25) is 0 Å². The Morgan fingerprint density at radius 2 is 1.03 bits per heavy atom. The van der Waals surface area contributed by atoms with Gasteiger partial charge in [-0.2, -0.15) is 0 Å². The van der Waals surface area contributed by atoms with Crippen LogP contribution in [0.3, 0.4) is 0 Å². The van der Waals surface area contributed by atoms with Crippen LogP contribution in [0.15, 0.2) is 47.9 Å². The Morgan fingerprint density at radius 1 is 0.688 bits per heavy atom. The highest BCUT2D eigenvalue weighted by Crippen LogP contribution is 2.20. The molecule has 0 amide bonds. The molecule has 0 aromatic heterocycles. The smallest absolute Gasteiger partial charge is 0.139 e. The molecule has 6 heteroatoms. The highest BCUT2D eigenvalue weighted by atomic mass is 16.4. The zero-order valence-electron chi connectivity index (χ0n) is 19.0. The molecule has 0 saturated carbocycles. The molecule has 6 nitrogen and oxygen atoms in total. The molecule has 0 radical (unpaired) electrons. The fourth-order valence-electron chi connectivity index (χ4n) is 3.56. The van der Waals surface area contributed by atoms with E-state index in [1.165, 1.54) is 12.2 Å². The van der Waals surface area contributed by atoms with Gasteiger partial charge in [-0.25, -0.2) is 0 Å². The second-order valence-corrected chi connectivity index (χ2v) is 8.09. The minimum atomic E-state index is -1.93. The van der Waals surface area contributed by atoms with E-state index in [9.17, 15) is 30.6 Å². The van der Waals surface area contributed by atoms with Crippen molar-refractivity contribution in [2.45, 2.75) is 65.0 Å². The van der Waals surface area contributed by atoms with Gasteiger partial charge in [0.05, 0.1) is 0 Å². The molecule has 2 aromatic rings. The Morgan fingerprint density at radius 3 is 1.34 bits per heavy atom. The maximum Gasteiger partial charge on any atom is 0.139 e. The lowest BCUT2D eigenvalue weighted by molar-refractivity contribution is -0.0996. The molecule has 2 aromatic carbocycles. The fraction of sp³-hybridized carbons (Fsp3) is 0.385. The average Bonchev–Trinajstić information content (AvgIpc) is 2.79. The van der Waals surface area contributed by atoms with Gasteiger partial charge in [-0.15, -0.1) is 0 Å². The third-order valence-electron chi connectivity index (χ3n) is 5.74. The first-order valence-corrected chi connectivity index (χ1v) is 10.8. The van der Waals surface area contributed by atoms with E-state index in [2.05, 4.69) is 0 Å². The minimum absolute atomic E-state index is 0.566. The standard InChI is InChI=1S/C26H34O6/c1-5-19-11-17(9-7-15(19)3)13-21(27)23(29)25(31)26(32)24(30)22(28)14-18-10-8-16(4)20(6-2)12-18/h7-14,23-32H,5-6H2,1-4H3/t23-,24+,25-,26-/m1/s1. The lowest BCUT2D eigenvalue weighted by atomic mass is 9.97. The van der Waals surface area contributed by atoms with Crippen LogP contribution in [-0.2, 0) is 12.8 Å². The fourth-order valence-corrected chi connectivity index (χ4v) is 3.56. The highest BCUT2D eigenvalue weighted by molar-refractivity contribution is 5.55. The zero-order valence-corrected chi connectivity index (χ0v) is 19.0. The Kier molecular flexibility index (Phi) is 9.04. The van der Waals surface area contributed by atoms with E-state index >= 15 is 0 Å². The molecule has 2 rings (SSSR count). The summed E-state index contributed by atoms with van der Waals surface area (Å²) in [5.41, 5.74) is 5.61. The molecule has 0 heterocycles. The van der Waals surface area contributed by atoms with Crippen molar-refractivity contribution >= 4 is 12.2 Å². The van der Waals surface area contributed by atoms with Crippen molar-refractivity contribution in [3.05, 3.63) is 81.3 Å². The third kappa shape index (κ3) is 6.20. The first kappa shape index (κ1) is 25.6. The summed E-state index contributed by atoms with van der Waals surface area (Å²) in [7, 11) is 0. The van der Waals surface area contributed by atoms with Gasteiger partial charge in [0.15, 0.2) is 0 Å². The van der Waals surface area contributed by atoms with Crippen LogP contribution in [0.1, 0.15) is 47.2 Å². The quantitative estimate of drug-likeness (QED) is 0.331. The first-order valence-electron chi connectivity index (χ1n) is 10.8. The summed E-state index contributed by atoms with van der Waals surface area (Å²) in [5, 5.41) is 61.6. The summed E-state index contributed by atoms with van der Waals surface area (Å²) in [6.45, 7) is 7.96. The maximum atomic E-state index is 10.3. The SMILES string of the molecule is CCc1cc(C=C(O)[C@@H](O)[C@@H](O)[C@H](O)[C@@H](O)C(O)=Cc2ccc(C)c(CC)c2)ccc1C. The van der Waals surface area contributed by atoms with Gasteiger partial charge in [0, 0.05) is 0 Å². The van der Waals surface area contributed by atoms with Crippen molar-refractivity contribution in [2.24, 2.45) is 0 Å². The predicted molar refractivity (Wildman–Crippen MR) is 126 cm³/mol. The van der Waals surface area contributed by atoms with Crippen molar-refractivity contribution in [3.8, 4) is 0 Å². The molecule has 0 saturated heterocycles. The molecule has 4 atom stereocenters. The van der Waals surface area contributed by atoms with Crippen molar-refractivity contribution in [3.63, 3.8) is 0 Å². The lowest BCUT2D eigenvalue weighted by Gasteiger charge is -2.26. The molecule has 0 spiro atoms. The Bertz CT molecular complexity index is 899. The van der Waals surface area contributed by atoms with E-state index in [1.54, 1.807) is 12.1 Å². The second-order valence-electron chi connectivity index (χ2n) is 8.09. The molecular formula is C26H34O6. The molecule has 174 valence electrons. The van der Waals surface area contributed by atoms with Gasteiger partial charge in [0.1, 0.15) is 35.9 Å². The van der Waals surface area contributed by atoms with Crippen molar-refractivity contribution < 1.29 is 30.6 Å².